The average molecular weight is 327 g/mol. The minimum absolute atomic E-state index is 0.165. The highest BCUT2D eigenvalue weighted by Crippen LogP contribution is 2.29. The maximum atomic E-state index is 11.4. The third kappa shape index (κ3) is 4.25. The second-order valence-electron chi connectivity index (χ2n) is 5.98. The number of nitro groups is 1. The van der Waals surface area contributed by atoms with Gasteiger partial charge in [-0.3, -0.25) is 10.1 Å². The summed E-state index contributed by atoms with van der Waals surface area (Å²) in [7, 11) is 0. The second kappa shape index (κ2) is 7.81. The molecule has 2 aromatic rings. The van der Waals surface area contributed by atoms with E-state index in [9.17, 15) is 10.1 Å². The molecule has 0 aliphatic carbocycles. The van der Waals surface area contributed by atoms with Crippen molar-refractivity contribution in [3.05, 3.63) is 63.2 Å². The molecule has 0 atom stereocenters. The highest BCUT2D eigenvalue weighted by atomic mass is 16.6. The van der Waals surface area contributed by atoms with Gasteiger partial charge >= 0.3 is 0 Å². The Kier molecular flexibility index (Phi) is 5.79. The van der Waals surface area contributed by atoms with Crippen molar-refractivity contribution in [1.29, 1.82) is 0 Å². The Hall–Kier alpha value is -2.56. The molecular weight excluding hydrogens is 302 g/mol. The van der Waals surface area contributed by atoms with E-state index in [1.807, 2.05) is 30.9 Å². The van der Waals surface area contributed by atoms with Crippen molar-refractivity contribution in [2.45, 2.75) is 34.2 Å². The largest absolute Gasteiger partial charge is 0.381 e. The Bertz CT molecular complexity index is 704. The number of hydrogen-bond acceptors (Lipinski definition) is 4. The van der Waals surface area contributed by atoms with Crippen LogP contribution in [0.3, 0.4) is 0 Å². The highest BCUT2D eigenvalue weighted by Gasteiger charge is 2.18. The first-order valence-corrected chi connectivity index (χ1v) is 8.29. The Morgan fingerprint density at radius 3 is 2.21 bits per heavy atom. The minimum Gasteiger partial charge on any atom is -0.381 e. The summed E-state index contributed by atoms with van der Waals surface area (Å²) in [6, 6.07) is 11.7. The van der Waals surface area contributed by atoms with Gasteiger partial charge in [0.2, 0.25) is 0 Å². The average Bonchev–Trinajstić information content (AvgIpc) is 2.53. The monoisotopic (exact) mass is 327 g/mol. The van der Waals surface area contributed by atoms with Crippen LogP contribution in [0.5, 0.6) is 0 Å². The summed E-state index contributed by atoms with van der Waals surface area (Å²) in [5, 5.41) is 14.8. The molecule has 0 radical (unpaired) electrons. The van der Waals surface area contributed by atoms with Crippen LogP contribution in [0.1, 0.15) is 30.5 Å². The molecular formula is C19H25N3O2. The van der Waals surface area contributed by atoms with Crippen LogP contribution in [-0.4, -0.2) is 18.0 Å². The lowest BCUT2D eigenvalue weighted by atomic mass is 10.1. The van der Waals surface area contributed by atoms with Crippen molar-refractivity contribution >= 4 is 17.1 Å². The van der Waals surface area contributed by atoms with Gasteiger partial charge in [0.25, 0.3) is 5.69 Å². The number of rotatable bonds is 7. The maximum absolute atomic E-state index is 11.4. The number of aryl methyl sites for hydroxylation is 2. The zero-order valence-electron chi connectivity index (χ0n) is 14.8. The molecule has 0 fully saturated rings. The fourth-order valence-electron chi connectivity index (χ4n) is 2.94. The van der Waals surface area contributed by atoms with Gasteiger partial charge in [0.1, 0.15) is 5.69 Å². The van der Waals surface area contributed by atoms with Gasteiger partial charge in [-0.25, -0.2) is 0 Å². The van der Waals surface area contributed by atoms with Gasteiger partial charge in [0, 0.05) is 31.4 Å². The van der Waals surface area contributed by atoms with Crippen molar-refractivity contribution in [3.8, 4) is 0 Å². The van der Waals surface area contributed by atoms with E-state index in [1.165, 1.54) is 11.1 Å². The van der Waals surface area contributed by atoms with Crippen LogP contribution >= 0.6 is 0 Å². The van der Waals surface area contributed by atoms with E-state index in [-0.39, 0.29) is 10.6 Å². The number of nitrogens with one attached hydrogen (secondary N) is 1. The molecule has 0 aliphatic heterocycles. The SMILES string of the molecule is CCN(CC)c1ccc(CNc2cc(C)cc(C)c2)cc1[N+](=O)[O-]. The summed E-state index contributed by atoms with van der Waals surface area (Å²) < 4.78 is 0. The molecule has 5 heteroatoms. The Morgan fingerprint density at radius 2 is 1.67 bits per heavy atom. The minimum atomic E-state index is -0.298. The zero-order chi connectivity index (χ0) is 17.7. The third-order valence-electron chi connectivity index (χ3n) is 4.06. The first kappa shape index (κ1) is 17.8. The predicted octanol–water partition coefficient (Wildman–Crippen LogP) is 4.67. The Balaban J connectivity index is 2.22. The predicted molar refractivity (Wildman–Crippen MR) is 99.9 cm³/mol. The fourth-order valence-corrected chi connectivity index (χ4v) is 2.94. The molecule has 0 heterocycles. The van der Waals surface area contributed by atoms with Gasteiger partial charge in [-0.2, -0.15) is 0 Å². The smallest absolute Gasteiger partial charge is 0.292 e. The topological polar surface area (TPSA) is 58.4 Å². The van der Waals surface area contributed by atoms with E-state index in [1.54, 1.807) is 6.07 Å². The molecule has 0 aliphatic rings. The summed E-state index contributed by atoms with van der Waals surface area (Å²) in [6.45, 7) is 10.2. The zero-order valence-corrected chi connectivity index (χ0v) is 14.8. The van der Waals surface area contributed by atoms with Crippen LogP contribution in [0, 0.1) is 24.0 Å². The van der Waals surface area contributed by atoms with Crippen LogP contribution in [0.25, 0.3) is 0 Å². The molecule has 1 N–H and O–H groups in total. The molecule has 24 heavy (non-hydrogen) atoms. The normalized spacial score (nSPS) is 10.5. The van der Waals surface area contributed by atoms with Crippen molar-refractivity contribution in [2.24, 2.45) is 0 Å². The van der Waals surface area contributed by atoms with Crippen LogP contribution in [-0.2, 0) is 6.54 Å². The highest BCUT2D eigenvalue weighted by molar-refractivity contribution is 5.64. The van der Waals surface area contributed by atoms with Gasteiger partial charge in [-0.05, 0) is 62.6 Å². The summed E-state index contributed by atoms with van der Waals surface area (Å²) in [5.74, 6) is 0. The van der Waals surface area contributed by atoms with Crippen molar-refractivity contribution in [1.82, 2.24) is 0 Å². The van der Waals surface area contributed by atoms with E-state index in [4.69, 9.17) is 0 Å². The second-order valence-corrected chi connectivity index (χ2v) is 5.98. The number of anilines is 2. The number of hydrogen-bond donors (Lipinski definition) is 1. The van der Waals surface area contributed by atoms with Crippen molar-refractivity contribution in [3.63, 3.8) is 0 Å². The van der Waals surface area contributed by atoms with Crippen LogP contribution in [0.4, 0.5) is 17.1 Å². The molecule has 2 rings (SSSR count). The van der Waals surface area contributed by atoms with Crippen LogP contribution in [0.15, 0.2) is 36.4 Å². The van der Waals surface area contributed by atoms with E-state index < -0.39 is 0 Å². The van der Waals surface area contributed by atoms with Gasteiger partial charge in [-0.15, -0.1) is 0 Å². The first-order chi connectivity index (χ1) is 11.4. The van der Waals surface area contributed by atoms with Crippen LogP contribution < -0.4 is 10.2 Å². The van der Waals surface area contributed by atoms with E-state index in [2.05, 4.69) is 37.4 Å². The Labute approximate surface area is 143 Å². The molecule has 2 aromatic carbocycles. The molecule has 0 amide bonds. The van der Waals surface area contributed by atoms with Gasteiger partial charge in [-0.1, -0.05) is 12.1 Å². The van der Waals surface area contributed by atoms with Crippen molar-refractivity contribution in [2.75, 3.05) is 23.3 Å². The summed E-state index contributed by atoms with van der Waals surface area (Å²) in [6.07, 6.45) is 0. The van der Waals surface area contributed by atoms with Gasteiger partial charge < -0.3 is 10.2 Å². The molecule has 0 unspecified atom stereocenters. The van der Waals surface area contributed by atoms with Gasteiger partial charge in [0.05, 0.1) is 4.92 Å². The summed E-state index contributed by atoms with van der Waals surface area (Å²) >= 11 is 0. The Morgan fingerprint density at radius 1 is 1.04 bits per heavy atom. The summed E-state index contributed by atoms with van der Waals surface area (Å²) in [4.78, 5) is 13.1. The third-order valence-corrected chi connectivity index (χ3v) is 4.06. The maximum Gasteiger partial charge on any atom is 0.292 e. The van der Waals surface area contributed by atoms with Crippen LogP contribution in [0.2, 0.25) is 0 Å². The molecule has 5 nitrogen and oxygen atoms in total. The quantitative estimate of drug-likeness (QED) is 0.593. The number of benzene rings is 2. The molecule has 0 saturated carbocycles. The summed E-state index contributed by atoms with van der Waals surface area (Å²) in [5.41, 5.74) is 5.17. The first-order valence-electron chi connectivity index (χ1n) is 8.29. The molecule has 0 bridgehead atoms. The lowest BCUT2D eigenvalue weighted by Gasteiger charge is -2.21. The van der Waals surface area contributed by atoms with E-state index in [0.717, 1.165) is 24.3 Å². The van der Waals surface area contributed by atoms with E-state index >= 15 is 0 Å². The molecule has 128 valence electrons. The molecule has 0 saturated heterocycles. The lowest BCUT2D eigenvalue weighted by molar-refractivity contribution is -0.384. The number of nitro benzene ring substituents is 1. The lowest BCUT2D eigenvalue weighted by Crippen LogP contribution is -2.22. The molecule has 0 spiro atoms. The standard InChI is InChI=1S/C19H25N3O2/c1-5-21(6-2)18-8-7-16(12-19(18)22(23)24)13-20-17-10-14(3)9-15(4)11-17/h7-12,20H,5-6,13H2,1-4H3. The number of nitrogens with zero attached hydrogens (tertiary/aromatic N) is 2. The van der Waals surface area contributed by atoms with Crippen molar-refractivity contribution < 1.29 is 4.92 Å². The van der Waals surface area contributed by atoms with Gasteiger partial charge in [0.15, 0.2) is 0 Å². The van der Waals surface area contributed by atoms with E-state index in [0.29, 0.717) is 12.2 Å². The molecule has 0 aromatic heterocycles. The fraction of sp³-hybridized carbons (Fsp3) is 0.368.